The highest BCUT2D eigenvalue weighted by molar-refractivity contribution is 7.08. The van der Waals surface area contributed by atoms with E-state index in [1.807, 2.05) is 0 Å². The van der Waals surface area contributed by atoms with Gasteiger partial charge in [0, 0.05) is 18.6 Å². The average Bonchev–Trinajstić information content (AvgIpc) is 3.02. The number of aromatic nitrogens is 2. The summed E-state index contributed by atoms with van der Waals surface area (Å²) in [6, 6.07) is -0.0662. The molecule has 1 aromatic heterocycles. The molecule has 0 bridgehead atoms. The van der Waals surface area contributed by atoms with Gasteiger partial charge < -0.3 is 15.8 Å². The van der Waals surface area contributed by atoms with Gasteiger partial charge in [-0.05, 0) is 24.4 Å². The molecule has 4 unspecified atom stereocenters. The van der Waals surface area contributed by atoms with Gasteiger partial charge in [0.05, 0.1) is 17.8 Å². The minimum Gasteiger partial charge on any atom is -0.376 e. The van der Waals surface area contributed by atoms with Crippen LogP contribution in [0.15, 0.2) is 0 Å². The highest BCUT2D eigenvalue weighted by atomic mass is 32.1. The number of amides is 1. The van der Waals surface area contributed by atoms with Crippen molar-refractivity contribution in [2.75, 3.05) is 6.61 Å². The molecule has 0 spiro atoms. The maximum absolute atomic E-state index is 12.2. The molecule has 0 radical (unpaired) electrons. The van der Waals surface area contributed by atoms with Crippen LogP contribution in [0.25, 0.3) is 0 Å². The normalized spacial score (nSPS) is 32.7. The first-order valence-corrected chi connectivity index (χ1v) is 7.49. The van der Waals surface area contributed by atoms with Crippen molar-refractivity contribution in [3.05, 3.63) is 10.6 Å². The Balaban J connectivity index is 1.66. The van der Waals surface area contributed by atoms with Gasteiger partial charge in [-0.1, -0.05) is 17.8 Å². The zero-order chi connectivity index (χ0) is 13.4. The van der Waals surface area contributed by atoms with Gasteiger partial charge in [-0.2, -0.15) is 0 Å². The third-order valence-corrected chi connectivity index (χ3v) is 4.76. The van der Waals surface area contributed by atoms with Gasteiger partial charge in [0.25, 0.3) is 5.91 Å². The first kappa shape index (κ1) is 13.0. The molecule has 6 nitrogen and oxygen atoms in total. The van der Waals surface area contributed by atoms with Crippen LogP contribution in [0.1, 0.15) is 35.1 Å². The van der Waals surface area contributed by atoms with E-state index in [4.69, 9.17) is 10.5 Å². The fourth-order valence-corrected chi connectivity index (χ4v) is 3.54. The number of carbonyl (C=O) groups is 1. The van der Waals surface area contributed by atoms with Crippen LogP contribution in [0.2, 0.25) is 0 Å². The second-order valence-electron chi connectivity index (χ2n) is 5.16. The van der Waals surface area contributed by atoms with Crippen LogP contribution in [-0.2, 0) is 11.2 Å². The minimum absolute atomic E-state index is 0.00644. The number of rotatable bonds is 4. The predicted octanol–water partition coefficient (Wildman–Crippen LogP) is 0.335. The Bertz CT molecular complexity index is 478. The van der Waals surface area contributed by atoms with E-state index in [1.165, 1.54) is 0 Å². The van der Waals surface area contributed by atoms with Crippen LogP contribution >= 0.6 is 11.5 Å². The summed E-state index contributed by atoms with van der Waals surface area (Å²) in [7, 11) is 0. The molecule has 2 aliphatic rings. The zero-order valence-electron chi connectivity index (χ0n) is 10.8. The SMILES string of the molecule is CCCc1nnsc1C(=O)NC1C(N)C2CCOC21. The highest BCUT2D eigenvalue weighted by Gasteiger charge is 2.52. The third-order valence-electron chi connectivity index (χ3n) is 3.99. The molecule has 104 valence electrons. The third kappa shape index (κ3) is 2.15. The molecule has 2 fully saturated rings. The quantitative estimate of drug-likeness (QED) is 0.831. The summed E-state index contributed by atoms with van der Waals surface area (Å²) in [5.41, 5.74) is 6.86. The number of aryl methyl sites for hydroxylation is 1. The van der Waals surface area contributed by atoms with E-state index < -0.39 is 0 Å². The van der Waals surface area contributed by atoms with Gasteiger partial charge in [0.2, 0.25) is 0 Å². The molecule has 19 heavy (non-hydrogen) atoms. The Morgan fingerprint density at radius 3 is 3.26 bits per heavy atom. The zero-order valence-corrected chi connectivity index (χ0v) is 11.7. The first-order valence-electron chi connectivity index (χ1n) is 6.71. The molecule has 1 aliphatic heterocycles. The van der Waals surface area contributed by atoms with E-state index in [1.54, 1.807) is 0 Å². The second-order valence-corrected chi connectivity index (χ2v) is 5.92. The summed E-state index contributed by atoms with van der Waals surface area (Å²) in [6.45, 7) is 2.80. The second kappa shape index (κ2) is 5.15. The van der Waals surface area contributed by atoms with Crippen LogP contribution in [0.5, 0.6) is 0 Å². The molecule has 7 heteroatoms. The van der Waals surface area contributed by atoms with Crippen molar-refractivity contribution < 1.29 is 9.53 Å². The summed E-state index contributed by atoms with van der Waals surface area (Å²) in [5, 5.41) is 6.99. The highest BCUT2D eigenvalue weighted by Crippen LogP contribution is 2.37. The molecule has 1 saturated heterocycles. The minimum atomic E-state index is -0.118. The Morgan fingerprint density at radius 1 is 1.63 bits per heavy atom. The van der Waals surface area contributed by atoms with Gasteiger partial charge in [0.15, 0.2) is 0 Å². The van der Waals surface area contributed by atoms with E-state index in [0.717, 1.165) is 43.1 Å². The lowest BCUT2D eigenvalue weighted by molar-refractivity contribution is -0.0160. The number of nitrogens with one attached hydrogen (secondary N) is 1. The average molecular weight is 282 g/mol. The smallest absolute Gasteiger partial charge is 0.265 e. The largest absolute Gasteiger partial charge is 0.376 e. The predicted molar refractivity (Wildman–Crippen MR) is 71.0 cm³/mol. The van der Waals surface area contributed by atoms with Crippen molar-refractivity contribution >= 4 is 17.4 Å². The van der Waals surface area contributed by atoms with Gasteiger partial charge >= 0.3 is 0 Å². The van der Waals surface area contributed by atoms with Crippen LogP contribution in [0.3, 0.4) is 0 Å². The van der Waals surface area contributed by atoms with Crippen molar-refractivity contribution in [1.29, 1.82) is 0 Å². The monoisotopic (exact) mass is 282 g/mol. The van der Waals surface area contributed by atoms with Crippen molar-refractivity contribution in [3.63, 3.8) is 0 Å². The van der Waals surface area contributed by atoms with Crippen LogP contribution in [0, 0.1) is 5.92 Å². The van der Waals surface area contributed by atoms with E-state index in [2.05, 4.69) is 21.8 Å². The standard InChI is InChI=1S/C12H18N4O2S/c1-2-3-7-11(19-16-15-7)12(17)14-9-8(13)6-4-5-18-10(6)9/h6,8-10H,2-5,13H2,1H3,(H,14,17). The summed E-state index contributed by atoms with van der Waals surface area (Å²) >= 11 is 1.15. The molecule has 1 saturated carbocycles. The molecule has 1 amide bonds. The lowest BCUT2D eigenvalue weighted by Crippen LogP contribution is -2.68. The van der Waals surface area contributed by atoms with Crippen molar-refractivity contribution in [1.82, 2.24) is 14.9 Å². The van der Waals surface area contributed by atoms with E-state index >= 15 is 0 Å². The number of carbonyl (C=O) groups excluding carboxylic acids is 1. The fourth-order valence-electron chi connectivity index (χ4n) is 2.93. The Morgan fingerprint density at radius 2 is 2.47 bits per heavy atom. The maximum Gasteiger partial charge on any atom is 0.265 e. The maximum atomic E-state index is 12.2. The van der Waals surface area contributed by atoms with Gasteiger partial charge in [-0.25, -0.2) is 0 Å². The van der Waals surface area contributed by atoms with Gasteiger partial charge in [-0.15, -0.1) is 5.10 Å². The number of nitrogens with two attached hydrogens (primary N) is 1. The molecule has 3 rings (SSSR count). The van der Waals surface area contributed by atoms with Crippen LogP contribution in [0.4, 0.5) is 0 Å². The molecular weight excluding hydrogens is 264 g/mol. The lowest BCUT2D eigenvalue weighted by Gasteiger charge is -2.45. The molecule has 1 aromatic rings. The van der Waals surface area contributed by atoms with Crippen molar-refractivity contribution in [2.24, 2.45) is 11.7 Å². The van der Waals surface area contributed by atoms with Gasteiger partial charge in [0.1, 0.15) is 4.88 Å². The number of ether oxygens (including phenoxy) is 1. The van der Waals surface area contributed by atoms with E-state index in [0.29, 0.717) is 10.8 Å². The number of nitrogens with zero attached hydrogens (tertiary/aromatic N) is 2. The summed E-state index contributed by atoms with van der Waals surface area (Å²) in [5.74, 6) is 0.285. The first-order chi connectivity index (χ1) is 9.22. The van der Waals surface area contributed by atoms with Crippen LogP contribution < -0.4 is 11.1 Å². The Hall–Kier alpha value is -1.05. The summed E-state index contributed by atoms with van der Waals surface area (Å²) in [6.07, 6.45) is 2.82. The van der Waals surface area contributed by atoms with Crippen molar-refractivity contribution in [2.45, 2.75) is 44.4 Å². The molecule has 2 heterocycles. The van der Waals surface area contributed by atoms with Gasteiger partial charge in [-0.3, -0.25) is 4.79 Å². The Kier molecular flexibility index (Phi) is 3.51. The summed E-state index contributed by atoms with van der Waals surface area (Å²) < 4.78 is 9.48. The molecule has 3 N–H and O–H groups in total. The molecule has 0 aromatic carbocycles. The lowest BCUT2D eigenvalue weighted by atomic mass is 9.72. The molecular formula is C12H18N4O2S. The Labute approximate surface area is 115 Å². The number of fused-ring (bicyclic) bond motifs is 1. The number of hydrogen-bond acceptors (Lipinski definition) is 6. The summed E-state index contributed by atoms with van der Waals surface area (Å²) in [4.78, 5) is 12.9. The number of hydrogen-bond donors (Lipinski definition) is 2. The topological polar surface area (TPSA) is 90.1 Å². The van der Waals surface area contributed by atoms with E-state index in [-0.39, 0.29) is 24.1 Å². The van der Waals surface area contributed by atoms with Crippen LogP contribution in [-0.4, -0.2) is 40.3 Å². The molecule has 1 aliphatic carbocycles. The molecule has 4 atom stereocenters. The van der Waals surface area contributed by atoms with Crippen molar-refractivity contribution in [3.8, 4) is 0 Å². The van der Waals surface area contributed by atoms with E-state index in [9.17, 15) is 4.79 Å². The fraction of sp³-hybridized carbons (Fsp3) is 0.750.